The van der Waals surface area contributed by atoms with Gasteiger partial charge in [0.15, 0.2) is 5.78 Å². The Morgan fingerprint density at radius 1 is 1.47 bits per heavy atom. The van der Waals surface area contributed by atoms with E-state index in [0.717, 1.165) is 0 Å². The summed E-state index contributed by atoms with van der Waals surface area (Å²) < 4.78 is 5.02. The van der Waals surface area contributed by atoms with Gasteiger partial charge in [-0.3, -0.25) is 9.59 Å². The van der Waals surface area contributed by atoms with Gasteiger partial charge in [-0.15, -0.1) is 0 Å². The lowest BCUT2D eigenvalue weighted by molar-refractivity contribution is -0.161. The highest BCUT2D eigenvalue weighted by molar-refractivity contribution is 6.00. The van der Waals surface area contributed by atoms with Gasteiger partial charge in [-0.05, 0) is 20.8 Å². The number of nitrogens with one attached hydrogen (secondary N) is 1. The molecule has 0 spiro atoms. The predicted octanol–water partition coefficient (Wildman–Crippen LogP) is 0.503. The van der Waals surface area contributed by atoms with Crippen LogP contribution in [0.25, 0.3) is 0 Å². The molecular formula is C9H17N3O3. The minimum Gasteiger partial charge on any atom is -0.459 e. The summed E-state index contributed by atoms with van der Waals surface area (Å²) in [5, 5.41) is 2.92. The van der Waals surface area contributed by atoms with Gasteiger partial charge < -0.3 is 10.5 Å². The van der Waals surface area contributed by atoms with Gasteiger partial charge in [-0.1, -0.05) is 0 Å². The summed E-state index contributed by atoms with van der Waals surface area (Å²) in [7, 11) is 0. The Morgan fingerprint density at radius 3 is 2.33 bits per heavy atom. The minimum absolute atomic E-state index is 0.122. The first-order valence-electron chi connectivity index (χ1n) is 4.60. The molecule has 0 aliphatic heterocycles. The van der Waals surface area contributed by atoms with E-state index in [1.54, 1.807) is 20.8 Å². The fourth-order valence-electron chi connectivity index (χ4n) is 0.920. The molecular weight excluding hydrogens is 198 g/mol. The lowest BCUT2D eigenvalue weighted by Gasteiger charge is -2.22. The Hall–Kier alpha value is -1.30. The first-order chi connectivity index (χ1) is 6.81. The Kier molecular flexibility index (Phi) is 5.07. The molecule has 6 heteroatoms. The van der Waals surface area contributed by atoms with E-state index >= 15 is 0 Å². The van der Waals surface area contributed by atoms with Crippen molar-refractivity contribution in [3.63, 3.8) is 0 Å². The summed E-state index contributed by atoms with van der Waals surface area (Å²) in [5.74, 6) is -2.15. The minimum atomic E-state index is -1.02. The number of esters is 1. The molecule has 0 rings (SSSR count). The van der Waals surface area contributed by atoms with Gasteiger partial charge >= 0.3 is 5.97 Å². The maximum atomic E-state index is 11.5. The van der Waals surface area contributed by atoms with E-state index < -0.39 is 23.3 Å². The van der Waals surface area contributed by atoms with Crippen LogP contribution in [0.3, 0.4) is 0 Å². The van der Waals surface area contributed by atoms with E-state index in [0.29, 0.717) is 0 Å². The number of ketones is 1. The number of nitrogens with two attached hydrogens (primary N) is 1. The molecule has 0 aromatic heterocycles. The van der Waals surface area contributed by atoms with Gasteiger partial charge in [0.25, 0.3) is 0 Å². The second-order valence-electron chi connectivity index (χ2n) is 4.10. The molecule has 0 saturated heterocycles. The van der Waals surface area contributed by atoms with Crippen LogP contribution in [-0.4, -0.2) is 30.4 Å². The zero-order valence-electron chi connectivity index (χ0n) is 9.24. The van der Waals surface area contributed by atoms with Gasteiger partial charge in [-0.2, -0.15) is 5.11 Å². The van der Waals surface area contributed by atoms with E-state index in [4.69, 9.17) is 16.0 Å². The number of Topliss-reactive ketones (excluding diaryl/α,β-unsaturated/α-hetero) is 1. The van der Waals surface area contributed by atoms with E-state index in [-0.39, 0.29) is 13.1 Å². The first-order valence-corrected chi connectivity index (χ1v) is 4.60. The molecule has 0 amide bonds. The molecule has 0 aliphatic carbocycles. The summed E-state index contributed by atoms with van der Waals surface area (Å²) >= 11 is 0. The number of nitrogens with zero attached hydrogens (tertiary/aromatic N) is 1. The van der Waals surface area contributed by atoms with Crippen LogP contribution in [0.1, 0.15) is 20.8 Å². The number of hydrogen-bond donors (Lipinski definition) is 2. The van der Waals surface area contributed by atoms with Crippen LogP contribution in [0.2, 0.25) is 0 Å². The van der Waals surface area contributed by atoms with Crippen molar-refractivity contribution < 1.29 is 14.3 Å². The molecule has 0 heterocycles. The Balaban J connectivity index is 4.47. The topological polar surface area (TPSA) is 106 Å². The van der Waals surface area contributed by atoms with Crippen LogP contribution in [0.15, 0.2) is 5.11 Å². The van der Waals surface area contributed by atoms with Crippen molar-refractivity contribution in [2.75, 3.05) is 13.1 Å². The van der Waals surface area contributed by atoms with Crippen LogP contribution in [-0.2, 0) is 14.3 Å². The number of carbonyl (C=O) groups excluding carboxylic acids is 2. The molecule has 3 N–H and O–H groups in total. The van der Waals surface area contributed by atoms with Crippen LogP contribution < -0.4 is 5.73 Å². The largest absolute Gasteiger partial charge is 0.459 e. The highest BCUT2D eigenvalue weighted by Crippen LogP contribution is 2.11. The Bertz CT molecular complexity index is 258. The fraction of sp³-hybridized carbons (Fsp3) is 0.778. The lowest BCUT2D eigenvalue weighted by atomic mass is 10.0. The Morgan fingerprint density at radius 2 is 2.00 bits per heavy atom. The molecule has 86 valence electrons. The molecule has 0 aromatic carbocycles. The summed E-state index contributed by atoms with van der Waals surface area (Å²) in [6.07, 6.45) is 0. The quantitative estimate of drug-likeness (QED) is 0.395. The first kappa shape index (κ1) is 13.7. The van der Waals surface area contributed by atoms with E-state index in [2.05, 4.69) is 5.11 Å². The number of hydrogen-bond acceptors (Lipinski definition) is 6. The van der Waals surface area contributed by atoms with Crippen molar-refractivity contribution in [2.24, 2.45) is 16.8 Å². The molecule has 1 unspecified atom stereocenters. The van der Waals surface area contributed by atoms with Gasteiger partial charge in [-0.25, -0.2) is 5.53 Å². The number of carbonyl (C=O) groups is 2. The number of ether oxygens (including phenoxy) is 1. The summed E-state index contributed by atoms with van der Waals surface area (Å²) in [4.78, 5) is 22.8. The molecule has 0 radical (unpaired) electrons. The highest BCUT2D eigenvalue weighted by atomic mass is 16.6. The van der Waals surface area contributed by atoms with Gasteiger partial charge in [0.05, 0.1) is 0 Å². The normalized spacial score (nSPS) is 13.1. The second kappa shape index (κ2) is 5.55. The van der Waals surface area contributed by atoms with Crippen LogP contribution in [0.4, 0.5) is 0 Å². The van der Waals surface area contributed by atoms with E-state index in [1.807, 2.05) is 0 Å². The summed E-state index contributed by atoms with van der Waals surface area (Å²) in [5.41, 5.74) is 11.2. The van der Waals surface area contributed by atoms with Crippen LogP contribution in [0.5, 0.6) is 0 Å². The smallest absolute Gasteiger partial charge is 0.318 e. The molecule has 6 nitrogen and oxygen atoms in total. The maximum Gasteiger partial charge on any atom is 0.318 e. The van der Waals surface area contributed by atoms with E-state index in [1.165, 1.54) is 0 Å². The third kappa shape index (κ3) is 5.21. The van der Waals surface area contributed by atoms with Crippen molar-refractivity contribution in [3.8, 4) is 0 Å². The molecule has 0 fully saturated rings. The van der Waals surface area contributed by atoms with Crippen molar-refractivity contribution in [3.05, 3.63) is 0 Å². The molecule has 0 aliphatic rings. The van der Waals surface area contributed by atoms with Crippen molar-refractivity contribution >= 4 is 11.8 Å². The van der Waals surface area contributed by atoms with Gasteiger partial charge in [0.1, 0.15) is 18.1 Å². The van der Waals surface area contributed by atoms with Crippen LogP contribution >= 0.6 is 0 Å². The average Bonchev–Trinajstić information content (AvgIpc) is 2.02. The standard InChI is InChI=1S/C9H17N3O3/c1-9(2,3)15-8(14)6(4-10)7(13)5-12-11/h6,11H,4-5,10H2,1-3H3. The van der Waals surface area contributed by atoms with Gasteiger partial charge in [0, 0.05) is 6.54 Å². The molecule has 15 heavy (non-hydrogen) atoms. The third-order valence-electron chi connectivity index (χ3n) is 1.55. The molecule has 0 bridgehead atoms. The molecule has 0 aromatic rings. The second-order valence-corrected chi connectivity index (χ2v) is 4.10. The molecule has 1 atom stereocenters. The maximum absolute atomic E-state index is 11.5. The van der Waals surface area contributed by atoms with Crippen molar-refractivity contribution in [2.45, 2.75) is 26.4 Å². The van der Waals surface area contributed by atoms with Crippen molar-refractivity contribution in [1.29, 1.82) is 5.53 Å². The highest BCUT2D eigenvalue weighted by Gasteiger charge is 2.29. The third-order valence-corrected chi connectivity index (χ3v) is 1.55. The van der Waals surface area contributed by atoms with E-state index in [9.17, 15) is 9.59 Å². The fourth-order valence-corrected chi connectivity index (χ4v) is 0.920. The summed E-state index contributed by atoms with van der Waals surface area (Å²) in [6.45, 7) is 4.66. The zero-order chi connectivity index (χ0) is 12.1. The van der Waals surface area contributed by atoms with Crippen LogP contribution in [0, 0.1) is 11.4 Å². The molecule has 0 saturated carbocycles. The van der Waals surface area contributed by atoms with Crippen molar-refractivity contribution in [1.82, 2.24) is 0 Å². The summed E-state index contributed by atoms with van der Waals surface area (Å²) in [6, 6.07) is 0. The average molecular weight is 215 g/mol. The zero-order valence-corrected chi connectivity index (χ0v) is 9.24. The number of rotatable bonds is 5. The Labute approximate surface area is 88.7 Å². The van der Waals surface area contributed by atoms with Gasteiger partial charge in [0.2, 0.25) is 0 Å². The predicted molar refractivity (Wildman–Crippen MR) is 53.4 cm³/mol. The monoisotopic (exact) mass is 215 g/mol. The lowest BCUT2D eigenvalue weighted by Crippen LogP contribution is -2.37. The SMILES string of the molecule is CC(C)(C)OC(=O)C(CN)C(=O)CN=N.